The maximum Gasteiger partial charge on any atom is 0.326 e. The van der Waals surface area contributed by atoms with Gasteiger partial charge in [0, 0.05) is 31.3 Å². The zero-order valence-corrected chi connectivity index (χ0v) is 17.5. The van der Waals surface area contributed by atoms with Gasteiger partial charge in [0.05, 0.1) is 10.2 Å². The largest absolute Gasteiger partial charge is 0.326 e. The molecule has 0 atom stereocenters. The molecular weight excluding hydrogens is 412 g/mol. The number of thiazole rings is 1. The van der Waals surface area contributed by atoms with E-state index in [4.69, 9.17) is 0 Å². The van der Waals surface area contributed by atoms with Crippen LogP contribution in [0.15, 0.2) is 60.7 Å². The lowest BCUT2D eigenvalue weighted by atomic mass is 10.1. The van der Waals surface area contributed by atoms with Crippen molar-refractivity contribution in [2.45, 2.75) is 12.8 Å². The summed E-state index contributed by atoms with van der Waals surface area (Å²) in [7, 11) is 1.72. The van der Waals surface area contributed by atoms with Crippen LogP contribution in [0.5, 0.6) is 0 Å². The first-order valence-corrected chi connectivity index (χ1v) is 10.6. The van der Waals surface area contributed by atoms with Crippen molar-refractivity contribution in [1.82, 2.24) is 4.98 Å². The molecular formula is C23H18N4O3S. The Morgan fingerprint density at radius 1 is 1.00 bits per heavy atom. The van der Waals surface area contributed by atoms with Crippen LogP contribution in [0.3, 0.4) is 0 Å². The number of benzene rings is 3. The number of fused-ring (bicyclic) bond motifs is 2. The summed E-state index contributed by atoms with van der Waals surface area (Å²) in [5.74, 6) is -0.454. The van der Waals surface area contributed by atoms with E-state index in [0.717, 1.165) is 26.1 Å². The molecule has 8 heteroatoms. The summed E-state index contributed by atoms with van der Waals surface area (Å²) in [6.07, 6.45) is 0.439. The van der Waals surface area contributed by atoms with Gasteiger partial charge in [-0.3, -0.25) is 14.5 Å². The minimum absolute atomic E-state index is 0.219. The molecule has 154 valence electrons. The van der Waals surface area contributed by atoms with Crippen LogP contribution in [0.25, 0.3) is 21.0 Å². The van der Waals surface area contributed by atoms with E-state index >= 15 is 0 Å². The van der Waals surface area contributed by atoms with Crippen LogP contribution in [0.4, 0.5) is 21.3 Å². The molecule has 0 radical (unpaired) electrons. The van der Waals surface area contributed by atoms with E-state index in [1.165, 1.54) is 11.3 Å². The lowest BCUT2D eigenvalue weighted by molar-refractivity contribution is -0.121. The highest BCUT2D eigenvalue weighted by Gasteiger charge is 2.32. The molecule has 2 heterocycles. The Bertz CT molecular complexity index is 1350. The number of hydrogen-bond donors (Lipinski definition) is 1. The SMILES string of the molecule is CN(C(=O)Nc1ccc2nc(N3C(=O)CCC3=O)sc2c1)c1ccc2ccccc2c1. The number of amides is 4. The first-order chi connectivity index (χ1) is 15.0. The van der Waals surface area contributed by atoms with Gasteiger partial charge in [0.25, 0.3) is 0 Å². The summed E-state index contributed by atoms with van der Waals surface area (Å²) in [5, 5.41) is 5.44. The van der Waals surface area contributed by atoms with E-state index in [0.29, 0.717) is 16.3 Å². The van der Waals surface area contributed by atoms with Crippen molar-refractivity contribution in [2.75, 3.05) is 22.2 Å². The van der Waals surface area contributed by atoms with E-state index in [1.807, 2.05) is 42.5 Å². The zero-order chi connectivity index (χ0) is 21.5. The van der Waals surface area contributed by atoms with Crippen molar-refractivity contribution < 1.29 is 14.4 Å². The zero-order valence-electron chi connectivity index (χ0n) is 16.7. The third-order valence-corrected chi connectivity index (χ3v) is 6.30. The summed E-state index contributed by atoms with van der Waals surface area (Å²) in [6.45, 7) is 0. The summed E-state index contributed by atoms with van der Waals surface area (Å²) in [4.78, 5) is 43.8. The number of carbonyl (C=O) groups excluding carboxylic acids is 3. The smallest absolute Gasteiger partial charge is 0.307 e. The molecule has 4 amide bonds. The molecule has 1 aliphatic heterocycles. The number of rotatable bonds is 3. The van der Waals surface area contributed by atoms with Gasteiger partial charge < -0.3 is 5.32 Å². The van der Waals surface area contributed by atoms with E-state index < -0.39 is 0 Å². The number of nitrogens with zero attached hydrogens (tertiary/aromatic N) is 3. The van der Waals surface area contributed by atoms with Crippen LogP contribution in [0.1, 0.15) is 12.8 Å². The highest BCUT2D eigenvalue weighted by atomic mass is 32.1. The Labute approximate surface area is 181 Å². The van der Waals surface area contributed by atoms with Gasteiger partial charge in [-0.05, 0) is 41.1 Å². The predicted octanol–water partition coefficient (Wildman–Crippen LogP) is 4.77. The molecule has 1 aromatic heterocycles. The second-order valence-electron chi connectivity index (χ2n) is 7.32. The minimum atomic E-state index is -0.274. The molecule has 4 aromatic rings. The minimum Gasteiger partial charge on any atom is -0.307 e. The molecule has 1 N–H and O–H groups in total. The predicted molar refractivity (Wildman–Crippen MR) is 123 cm³/mol. The second kappa shape index (κ2) is 7.48. The quantitative estimate of drug-likeness (QED) is 0.475. The van der Waals surface area contributed by atoms with Crippen molar-refractivity contribution in [3.05, 3.63) is 60.7 Å². The molecule has 5 rings (SSSR count). The Hall–Kier alpha value is -3.78. The third-order valence-electron chi connectivity index (χ3n) is 5.30. The molecule has 1 saturated heterocycles. The summed E-state index contributed by atoms with van der Waals surface area (Å²) >= 11 is 1.26. The summed E-state index contributed by atoms with van der Waals surface area (Å²) in [6, 6.07) is 18.9. The maximum absolute atomic E-state index is 12.8. The first kappa shape index (κ1) is 19.2. The first-order valence-electron chi connectivity index (χ1n) is 9.79. The van der Waals surface area contributed by atoms with Gasteiger partial charge in [-0.1, -0.05) is 41.7 Å². The van der Waals surface area contributed by atoms with Crippen LogP contribution in [0.2, 0.25) is 0 Å². The van der Waals surface area contributed by atoms with Crippen molar-refractivity contribution in [1.29, 1.82) is 0 Å². The molecule has 0 spiro atoms. The lowest BCUT2D eigenvalue weighted by Gasteiger charge is -2.18. The number of imide groups is 1. The molecule has 0 saturated carbocycles. The van der Waals surface area contributed by atoms with Crippen molar-refractivity contribution >= 4 is 66.7 Å². The lowest BCUT2D eigenvalue weighted by Crippen LogP contribution is -2.31. The van der Waals surface area contributed by atoms with Crippen LogP contribution < -0.4 is 15.1 Å². The molecule has 0 unspecified atom stereocenters. The molecule has 0 aliphatic carbocycles. The van der Waals surface area contributed by atoms with E-state index in [2.05, 4.69) is 10.3 Å². The number of nitrogens with one attached hydrogen (secondary N) is 1. The molecule has 7 nitrogen and oxygen atoms in total. The van der Waals surface area contributed by atoms with Crippen molar-refractivity contribution in [3.8, 4) is 0 Å². The van der Waals surface area contributed by atoms with E-state index in [9.17, 15) is 14.4 Å². The average molecular weight is 430 g/mol. The van der Waals surface area contributed by atoms with Gasteiger partial charge in [-0.15, -0.1) is 0 Å². The fourth-order valence-electron chi connectivity index (χ4n) is 3.59. The maximum atomic E-state index is 12.8. The number of hydrogen-bond acceptors (Lipinski definition) is 5. The number of urea groups is 1. The Morgan fingerprint density at radius 2 is 1.74 bits per heavy atom. The number of carbonyl (C=O) groups is 3. The van der Waals surface area contributed by atoms with Crippen LogP contribution in [0, 0.1) is 0 Å². The average Bonchev–Trinajstić information content (AvgIpc) is 3.34. The van der Waals surface area contributed by atoms with Gasteiger partial charge >= 0.3 is 6.03 Å². The standard InChI is InChI=1S/C23H18N4O3S/c1-26(17-8-6-14-4-2-3-5-15(14)12-17)22(30)24-16-7-9-18-19(13-16)31-23(25-18)27-20(28)10-11-21(27)29/h2-9,12-13H,10-11H2,1H3,(H,24,30). The van der Waals surface area contributed by atoms with Gasteiger partial charge in [0.15, 0.2) is 5.13 Å². The third kappa shape index (κ3) is 3.51. The topological polar surface area (TPSA) is 82.6 Å². The highest BCUT2D eigenvalue weighted by Crippen LogP contribution is 2.33. The van der Waals surface area contributed by atoms with Crippen LogP contribution in [-0.2, 0) is 9.59 Å². The highest BCUT2D eigenvalue weighted by molar-refractivity contribution is 7.22. The van der Waals surface area contributed by atoms with Gasteiger partial charge in [-0.25, -0.2) is 14.7 Å². The van der Waals surface area contributed by atoms with Crippen molar-refractivity contribution in [3.63, 3.8) is 0 Å². The Morgan fingerprint density at radius 3 is 2.52 bits per heavy atom. The number of aromatic nitrogens is 1. The molecule has 31 heavy (non-hydrogen) atoms. The molecule has 0 bridgehead atoms. The van der Waals surface area contributed by atoms with Crippen LogP contribution in [-0.4, -0.2) is 29.9 Å². The Kier molecular flexibility index (Phi) is 4.63. The summed E-state index contributed by atoms with van der Waals surface area (Å²) in [5.41, 5.74) is 2.07. The fraction of sp³-hybridized carbons (Fsp3) is 0.130. The van der Waals surface area contributed by atoms with E-state index in [1.54, 1.807) is 30.1 Å². The van der Waals surface area contributed by atoms with Gasteiger partial charge in [0.1, 0.15) is 0 Å². The second-order valence-corrected chi connectivity index (χ2v) is 8.33. The monoisotopic (exact) mass is 430 g/mol. The molecule has 3 aromatic carbocycles. The van der Waals surface area contributed by atoms with Gasteiger partial charge in [0.2, 0.25) is 11.8 Å². The van der Waals surface area contributed by atoms with E-state index in [-0.39, 0.29) is 30.7 Å². The fourth-order valence-corrected chi connectivity index (χ4v) is 4.63. The molecule has 1 aliphatic rings. The molecule has 1 fully saturated rings. The van der Waals surface area contributed by atoms with Crippen LogP contribution >= 0.6 is 11.3 Å². The number of anilines is 3. The van der Waals surface area contributed by atoms with Crippen molar-refractivity contribution in [2.24, 2.45) is 0 Å². The Balaban J connectivity index is 1.37. The summed E-state index contributed by atoms with van der Waals surface area (Å²) < 4.78 is 0.786. The van der Waals surface area contributed by atoms with Gasteiger partial charge in [-0.2, -0.15) is 0 Å². The normalized spacial score (nSPS) is 13.9.